The van der Waals surface area contributed by atoms with Crippen LogP contribution >= 0.6 is 11.3 Å². The Morgan fingerprint density at radius 3 is 2.81 bits per heavy atom. The maximum atomic E-state index is 13.7. The number of thiazole rings is 1. The second kappa shape index (κ2) is 9.60. The van der Waals surface area contributed by atoms with E-state index in [9.17, 15) is 9.18 Å². The number of aromatic nitrogens is 3. The van der Waals surface area contributed by atoms with Gasteiger partial charge in [0, 0.05) is 25.4 Å². The summed E-state index contributed by atoms with van der Waals surface area (Å²) in [7, 11) is 1.56. The van der Waals surface area contributed by atoms with Crippen LogP contribution < -0.4 is 10.1 Å². The van der Waals surface area contributed by atoms with E-state index in [1.165, 1.54) is 23.5 Å². The van der Waals surface area contributed by atoms with Crippen molar-refractivity contribution in [2.45, 2.75) is 32.7 Å². The third kappa shape index (κ3) is 4.72. The number of hydrogen-bond donors (Lipinski definition) is 1. The van der Waals surface area contributed by atoms with E-state index in [1.807, 2.05) is 11.8 Å². The second-order valence-corrected chi connectivity index (χ2v) is 9.11. The van der Waals surface area contributed by atoms with Gasteiger partial charge in [-0.2, -0.15) is 4.98 Å². The molecule has 0 bridgehead atoms. The lowest BCUT2D eigenvalue weighted by atomic mass is 9.90. The van der Waals surface area contributed by atoms with Crippen molar-refractivity contribution in [3.8, 4) is 16.3 Å². The van der Waals surface area contributed by atoms with Gasteiger partial charge in [0.1, 0.15) is 11.5 Å². The van der Waals surface area contributed by atoms with E-state index < -0.39 is 0 Å². The number of hydrogen-bond acceptors (Lipinski definition) is 7. The largest absolute Gasteiger partial charge is 0.481 e. The molecule has 0 spiro atoms. The fraction of sp³-hybridized carbons (Fsp3) is 0.391. The summed E-state index contributed by atoms with van der Waals surface area (Å²) >= 11 is 1.45. The normalized spacial score (nSPS) is 18.4. The van der Waals surface area contributed by atoms with Gasteiger partial charge < -0.3 is 15.0 Å². The number of methoxy groups -OCH3 is 1. The van der Waals surface area contributed by atoms with Crippen molar-refractivity contribution in [2.24, 2.45) is 5.92 Å². The van der Waals surface area contributed by atoms with E-state index in [4.69, 9.17) is 4.74 Å². The van der Waals surface area contributed by atoms with E-state index in [1.54, 1.807) is 31.5 Å². The number of nitrogens with one attached hydrogen (secondary N) is 1. The molecule has 1 fully saturated rings. The second-order valence-electron chi connectivity index (χ2n) is 7.91. The van der Waals surface area contributed by atoms with Crippen LogP contribution in [-0.4, -0.2) is 52.0 Å². The molecule has 2 aromatic heterocycles. The van der Waals surface area contributed by atoms with Crippen LogP contribution in [0, 0.1) is 18.7 Å². The summed E-state index contributed by atoms with van der Waals surface area (Å²) in [5, 5.41) is 4.06. The minimum Gasteiger partial charge on any atom is -0.481 e. The first-order chi connectivity index (χ1) is 15.5. The highest BCUT2D eigenvalue weighted by Gasteiger charge is 2.34. The standard InChI is InChI=1S/C23H26FN5O2S/c1-14-5-4-12-29(18(14)13-26-23-25-11-10-19(28-23)31-3)22(30)20-21(32-15(2)27-20)16-6-8-17(24)9-7-16/h6-11,14,18H,4-5,12-13H2,1-3H3,(H,25,26,28). The van der Waals surface area contributed by atoms with Gasteiger partial charge in [0.2, 0.25) is 11.8 Å². The zero-order chi connectivity index (χ0) is 22.7. The van der Waals surface area contributed by atoms with Crippen LogP contribution in [0.3, 0.4) is 0 Å². The van der Waals surface area contributed by atoms with Crippen LogP contribution in [0.25, 0.3) is 10.4 Å². The Balaban J connectivity index is 1.58. The molecule has 32 heavy (non-hydrogen) atoms. The van der Waals surface area contributed by atoms with Crippen molar-refractivity contribution < 1.29 is 13.9 Å². The Labute approximate surface area is 190 Å². The van der Waals surface area contributed by atoms with E-state index in [0.717, 1.165) is 28.3 Å². The van der Waals surface area contributed by atoms with Crippen LogP contribution in [0.2, 0.25) is 0 Å². The first-order valence-electron chi connectivity index (χ1n) is 10.6. The highest BCUT2D eigenvalue weighted by molar-refractivity contribution is 7.15. The highest BCUT2D eigenvalue weighted by Crippen LogP contribution is 2.33. The lowest BCUT2D eigenvalue weighted by Gasteiger charge is -2.40. The summed E-state index contributed by atoms with van der Waals surface area (Å²) < 4.78 is 18.6. The molecule has 7 nitrogen and oxygen atoms in total. The number of anilines is 1. The first-order valence-corrected chi connectivity index (χ1v) is 11.4. The number of amides is 1. The number of carbonyl (C=O) groups excluding carboxylic acids is 1. The topological polar surface area (TPSA) is 80.2 Å². The number of benzene rings is 1. The Kier molecular flexibility index (Phi) is 6.64. The molecule has 0 aliphatic carbocycles. The smallest absolute Gasteiger partial charge is 0.274 e. The third-order valence-electron chi connectivity index (χ3n) is 5.73. The predicted molar refractivity (Wildman–Crippen MR) is 123 cm³/mol. The van der Waals surface area contributed by atoms with Gasteiger partial charge in [0.25, 0.3) is 5.91 Å². The number of ether oxygens (including phenoxy) is 1. The molecule has 0 saturated carbocycles. The Morgan fingerprint density at radius 2 is 2.06 bits per heavy atom. The van der Waals surface area contributed by atoms with Gasteiger partial charge in [0.05, 0.1) is 23.0 Å². The summed E-state index contributed by atoms with van der Waals surface area (Å²) in [4.78, 5) is 29.4. The molecular formula is C23H26FN5O2S. The Bertz CT molecular complexity index is 1090. The number of halogens is 1. The summed E-state index contributed by atoms with van der Waals surface area (Å²) in [6.45, 7) is 5.22. The van der Waals surface area contributed by atoms with Gasteiger partial charge in [-0.3, -0.25) is 4.79 Å². The van der Waals surface area contributed by atoms with Crippen LogP contribution in [0.15, 0.2) is 36.5 Å². The predicted octanol–water partition coefficient (Wildman–Crippen LogP) is 4.41. The van der Waals surface area contributed by atoms with Crippen LogP contribution in [0.5, 0.6) is 5.88 Å². The van der Waals surface area contributed by atoms with Crippen LogP contribution in [0.4, 0.5) is 10.3 Å². The lowest BCUT2D eigenvalue weighted by Crippen LogP contribution is -2.51. The Morgan fingerprint density at radius 1 is 1.28 bits per heavy atom. The van der Waals surface area contributed by atoms with Crippen LogP contribution in [0.1, 0.15) is 35.3 Å². The molecule has 1 aliphatic heterocycles. The summed E-state index contributed by atoms with van der Waals surface area (Å²) in [6.07, 6.45) is 3.61. The summed E-state index contributed by atoms with van der Waals surface area (Å²) in [6, 6.07) is 7.85. The molecule has 3 aromatic rings. The van der Waals surface area contributed by atoms with Crippen molar-refractivity contribution >= 4 is 23.2 Å². The maximum absolute atomic E-state index is 13.7. The average Bonchev–Trinajstić information content (AvgIpc) is 3.20. The van der Waals surface area contributed by atoms with Gasteiger partial charge in [-0.25, -0.2) is 14.4 Å². The molecule has 9 heteroatoms. The van der Waals surface area contributed by atoms with Gasteiger partial charge >= 0.3 is 0 Å². The quantitative estimate of drug-likeness (QED) is 0.593. The van der Waals surface area contributed by atoms with Crippen molar-refractivity contribution in [3.05, 3.63) is 53.0 Å². The molecule has 2 atom stereocenters. The number of piperidine rings is 1. The minimum atomic E-state index is -0.307. The van der Waals surface area contributed by atoms with Gasteiger partial charge in [-0.05, 0) is 43.4 Å². The zero-order valence-corrected chi connectivity index (χ0v) is 19.2. The number of nitrogens with zero attached hydrogens (tertiary/aromatic N) is 4. The number of likely N-dealkylation sites (tertiary alicyclic amines) is 1. The first kappa shape index (κ1) is 22.1. The summed E-state index contributed by atoms with van der Waals surface area (Å²) in [5.74, 6) is 0.844. The molecule has 1 aliphatic rings. The fourth-order valence-electron chi connectivity index (χ4n) is 4.05. The molecule has 1 saturated heterocycles. The van der Waals surface area contributed by atoms with E-state index in [2.05, 4.69) is 27.2 Å². The van der Waals surface area contributed by atoms with Gasteiger partial charge in [0.15, 0.2) is 0 Å². The molecule has 1 N–H and O–H groups in total. The van der Waals surface area contributed by atoms with Crippen molar-refractivity contribution in [1.29, 1.82) is 0 Å². The van der Waals surface area contributed by atoms with Gasteiger partial charge in [-0.1, -0.05) is 19.1 Å². The Hall–Kier alpha value is -3.07. The number of rotatable bonds is 6. The highest BCUT2D eigenvalue weighted by atomic mass is 32.1. The van der Waals surface area contributed by atoms with Crippen molar-refractivity contribution in [3.63, 3.8) is 0 Å². The SMILES string of the molecule is COc1ccnc(NCC2C(C)CCCN2C(=O)c2nc(C)sc2-c2ccc(F)cc2)n1. The molecule has 4 rings (SSSR count). The van der Waals surface area contributed by atoms with Crippen molar-refractivity contribution in [2.75, 3.05) is 25.5 Å². The lowest BCUT2D eigenvalue weighted by molar-refractivity contribution is 0.0535. The molecular weight excluding hydrogens is 429 g/mol. The molecule has 0 radical (unpaired) electrons. The zero-order valence-electron chi connectivity index (χ0n) is 18.3. The monoisotopic (exact) mass is 455 g/mol. The fourth-order valence-corrected chi connectivity index (χ4v) is 4.97. The number of carbonyl (C=O) groups is 1. The summed E-state index contributed by atoms with van der Waals surface area (Å²) in [5.41, 5.74) is 1.22. The van der Waals surface area contributed by atoms with E-state index in [-0.39, 0.29) is 17.8 Å². The minimum absolute atomic E-state index is 0.0332. The average molecular weight is 456 g/mol. The molecule has 1 amide bonds. The molecule has 3 heterocycles. The van der Waals surface area contributed by atoms with Gasteiger partial charge in [-0.15, -0.1) is 11.3 Å². The molecule has 2 unspecified atom stereocenters. The van der Waals surface area contributed by atoms with Crippen LogP contribution in [-0.2, 0) is 0 Å². The maximum Gasteiger partial charge on any atom is 0.274 e. The van der Waals surface area contributed by atoms with E-state index in [0.29, 0.717) is 36.5 Å². The molecule has 168 valence electrons. The van der Waals surface area contributed by atoms with E-state index >= 15 is 0 Å². The third-order valence-corrected chi connectivity index (χ3v) is 6.75. The molecule has 1 aromatic carbocycles. The number of aryl methyl sites for hydroxylation is 1. The van der Waals surface area contributed by atoms with Crippen molar-refractivity contribution in [1.82, 2.24) is 19.9 Å².